The molecule has 4 rings (SSSR count). The first-order valence-electron chi connectivity index (χ1n) is 14.2. The fourth-order valence-corrected chi connectivity index (χ4v) is 6.48. The maximum Gasteiger partial charge on any atom is 0.471 e. The van der Waals surface area contributed by atoms with Gasteiger partial charge in [0.15, 0.2) is 0 Å². The van der Waals surface area contributed by atoms with E-state index in [4.69, 9.17) is 14.8 Å². The predicted molar refractivity (Wildman–Crippen MR) is 142 cm³/mol. The lowest BCUT2D eigenvalue weighted by molar-refractivity contribution is 0.151. The summed E-state index contributed by atoms with van der Waals surface area (Å²) in [5.74, 6) is 0.308. The molecule has 2 fully saturated rings. The number of fused-ring (bicyclic) bond motifs is 1. The minimum Gasteiger partial charge on any atom is -0.329 e. The van der Waals surface area contributed by atoms with Gasteiger partial charge in [-0.25, -0.2) is 9.55 Å². The summed E-state index contributed by atoms with van der Waals surface area (Å²) in [6.45, 7) is -0.509. The van der Waals surface area contributed by atoms with Gasteiger partial charge in [0.25, 0.3) is 5.56 Å². The highest BCUT2D eigenvalue weighted by Gasteiger charge is 2.26. The summed E-state index contributed by atoms with van der Waals surface area (Å²) < 4.78 is 19.4. The SMILES string of the molecule is O=c1c2c(C3CCCCCCCC3)cn(C3CCCCCCCCCC3)c2ncn1COP(=O)(O)O. The minimum atomic E-state index is -4.69. The topological polar surface area (TPSA) is 107 Å². The molecule has 2 aromatic rings. The smallest absolute Gasteiger partial charge is 0.329 e. The molecule has 9 heteroatoms. The van der Waals surface area contributed by atoms with Gasteiger partial charge in [0.1, 0.15) is 18.7 Å². The Morgan fingerprint density at radius 1 is 0.833 bits per heavy atom. The third-order valence-corrected chi connectivity index (χ3v) is 8.66. The van der Waals surface area contributed by atoms with Gasteiger partial charge in [0, 0.05) is 12.2 Å². The maximum absolute atomic E-state index is 13.7. The van der Waals surface area contributed by atoms with Gasteiger partial charge in [-0.15, -0.1) is 0 Å². The van der Waals surface area contributed by atoms with Gasteiger partial charge in [-0.3, -0.25) is 13.9 Å². The molecule has 2 aliphatic rings. The summed E-state index contributed by atoms with van der Waals surface area (Å²) in [7, 11) is -4.69. The average molecular weight is 522 g/mol. The Labute approximate surface area is 214 Å². The molecular weight excluding hydrogens is 477 g/mol. The molecule has 8 nitrogen and oxygen atoms in total. The quantitative estimate of drug-likeness (QED) is 0.413. The van der Waals surface area contributed by atoms with E-state index in [1.165, 1.54) is 87.9 Å². The van der Waals surface area contributed by atoms with Crippen LogP contribution in [0.1, 0.15) is 133 Å². The summed E-state index contributed by atoms with van der Waals surface area (Å²) >= 11 is 0. The third kappa shape index (κ3) is 7.53. The first-order valence-corrected chi connectivity index (χ1v) is 15.8. The molecule has 2 aromatic heterocycles. The lowest BCUT2D eigenvalue weighted by Gasteiger charge is -2.20. The second-order valence-electron chi connectivity index (χ2n) is 10.9. The van der Waals surface area contributed by atoms with Gasteiger partial charge in [0.05, 0.1) is 5.39 Å². The molecule has 202 valence electrons. The van der Waals surface area contributed by atoms with Crippen LogP contribution in [-0.4, -0.2) is 23.9 Å². The Hall–Kier alpha value is -1.47. The average Bonchev–Trinajstić information content (AvgIpc) is 3.25. The van der Waals surface area contributed by atoms with Gasteiger partial charge in [-0.1, -0.05) is 89.9 Å². The fourth-order valence-electron chi connectivity index (χ4n) is 6.21. The summed E-state index contributed by atoms with van der Waals surface area (Å²) in [5.41, 5.74) is 1.53. The molecule has 0 unspecified atom stereocenters. The zero-order valence-corrected chi connectivity index (χ0v) is 22.5. The van der Waals surface area contributed by atoms with E-state index in [2.05, 4.69) is 15.3 Å². The minimum absolute atomic E-state index is 0.265. The van der Waals surface area contributed by atoms with Crippen LogP contribution in [0.2, 0.25) is 0 Å². The first-order chi connectivity index (χ1) is 17.4. The monoisotopic (exact) mass is 521 g/mol. The molecule has 2 aliphatic carbocycles. The predicted octanol–water partition coefficient (Wildman–Crippen LogP) is 6.94. The number of phosphoric acid groups is 1. The fraction of sp³-hybridized carbons (Fsp3) is 0.778. The zero-order chi connectivity index (χ0) is 25.4. The second kappa shape index (κ2) is 13.4. The lowest BCUT2D eigenvalue weighted by atomic mass is 9.90. The van der Waals surface area contributed by atoms with Crippen molar-refractivity contribution in [1.29, 1.82) is 0 Å². The molecule has 0 aliphatic heterocycles. The largest absolute Gasteiger partial charge is 0.471 e. The van der Waals surface area contributed by atoms with Crippen LogP contribution >= 0.6 is 7.82 Å². The van der Waals surface area contributed by atoms with Crippen LogP contribution in [0.4, 0.5) is 0 Å². The standard InChI is InChI=1S/C27H44N3O5P/c31-27-25-24(22-15-11-7-5-6-8-12-16-22)19-30(23-17-13-9-3-1-2-4-10-14-18-23)26(25)28-20-29(27)21-35-36(32,33)34/h19-20,22-23H,1-18,21H2,(H2,32,33,34). The second-order valence-corrected chi connectivity index (χ2v) is 12.2. The Morgan fingerprint density at radius 3 is 1.86 bits per heavy atom. The van der Waals surface area contributed by atoms with Crippen molar-refractivity contribution in [3.05, 3.63) is 28.4 Å². The number of phosphoric ester groups is 1. The van der Waals surface area contributed by atoms with E-state index in [0.29, 0.717) is 17.3 Å². The number of hydrogen-bond acceptors (Lipinski definition) is 4. The van der Waals surface area contributed by atoms with E-state index in [-0.39, 0.29) is 5.56 Å². The van der Waals surface area contributed by atoms with Gasteiger partial charge in [-0.05, 0) is 37.2 Å². The van der Waals surface area contributed by atoms with Crippen molar-refractivity contribution in [2.45, 2.75) is 134 Å². The first kappa shape index (κ1) is 27.6. The molecular formula is C27H44N3O5P. The molecule has 0 aromatic carbocycles. The molecule has 0 amide bonds. The van der Waals surface area contributed by atoms with Gasteiger partial charge < -0.3 is 14.4 Å². The summed E-state index contributed by atoms with van der Waals surface area (Å²) in [4.78, 5) is 36.7. The van der Waals surface area contributed by atoms with Crippen LogP contribution in [0.15, 0.2) is 17.3 Å². The number of nitrogens with zero attached hydrogens (tertiary/aromatic N) is 3. The van der Waals surface area contributed by atoms with Crippen molar-refractivity contribution in [2.75, 3.05) is 0 Å². The normalized spacial score (nSPS) is 20.9. The van der Waals surface area contributed by atoms with Gasteiger partial charge >= 0.3 is 7.82 Å². The van der Waals surface area contributed by atoms with E-state index in [1.54, 1.807) is 0 Å². The van der Waals surface area contributed by atoms with Crippen molar-refractivity contribution < 1.29 is 18.9 Å². The van der Waals surface area contributed by atoms with Crippen LogP contribution in [0.3, 0.4) is 0 Å². The van der Waals surface area contributed by atoms with E-state index in [0.717, 1.165) is 49.7 Å². The van der Waals surface area contributed by atoms with E-state index in [9.17, 15) is 9.36 Å². The van der Waals surface area contributed by atoms with E-state index < -0.39 is 14.6 Å². The van der Waals surface area contributed by atoms with Crippen molar-refractivity contribution in [3.8, 4) is 0 Å². The molecule has 2 N–H and O–H groups in total. The van der Waals surface area contributed by atoms with Gasteiger partial charge in [0.2, 0.25) is 0 Å². The van der Waals surface area contributed by atoms with Crippen LogP contribution < -0.4 is 5.56 Å². The summed E-state index contributed by atoms with van der Waals surface area (Å²) in [5, 5.41) is 0.616. The van der Waals surface area contributed by atoms with Crippen LogP contribution in [0, 0.1) is 0 Å². The van der Waals surface area contributed by atoms with Crippen molar-refractivity contribution >= 4 is 18.9 Å². The highest BCUT2D eigenvalue weighted by atomic mass is 31.2. The van der Waals surface area contributed by atoms with Crippen molar-refractivity contribution in [3.63, 3.8) is 0 Å². The molecule has 36 heavy (non-hydrogen) atoms. The summed E-state index contributed by atoms with van der Waals surface area (Å²) in [6, 6.07) is 0.324. The maximum atomic E-state index is 13.7. The number of rotatable bonds is 5. The number of aromatic nitrogens is 3. The molecule has 2 saturated carbocycles. The van der Waals surface area contributed by atoms with E-state index in [1.807, 2.05) is 0 Å². The van der Waals surface area contributed by atoms with Crippen molar-refractivity contribution in [1.82, 2.24) is 14.1 Å². The Bertz CT molecular complexity index is 1050. The molecule has 0 radical (unpaired) electrons. The summed E-state index contributed by atoms with van der Waals surface area (Å²) in [6.07, 6.45) is 25.5. The molecule has 0 spiro atoms. The number of hydrogen-bond donors (Lipinski definition) is 2. The van der Waals surface area contributed by atoms with Gasteiger partial charge in [-0.2, -0.15) is 0 Å². The molecule has 0 atom stereocenters. The zero-order valence-electron chi connectivity index (χ0n) is 21.7. The van der Waals surface area contributed by atoms with Crippen molar-refractivity contribution in [2.24, 2.45) is 0 Å². The Balaban J connectivity index is 1.74. The van der Waals surface area contributed by atoms with Crippen LogP contribution in [0.25, 0.3) is 11.0 Å². The van der Waals surface area contributed by atoms with E-state index >= 15 is 0 Å². The van der Waals surface area contributed by atoms with Crippen LogP contribution in [-0.2, 0) is 15.8 Å². The Morgan fingerprint density at radius 2 is 1.33 bits per heavy atom. The molecule has 2 heterocycles. The lowest BCUT2D eigenvalue weighted by Crippen LogP contribution is -2.23. The van der Waals surface area contributed by atoms with Crippen LogP contribution in [0.5, 0.6) is 0 Å². The highest BCUT2D eigenvalue weighted by molar-refractivity contribution is 7.46. The Kier molecular flexibility index (Phi) is 10.2. The molecule has 0 bridgehead atoms. The third-order valence-electron chi connectivity index (χ3n) is 8.21. The molecule has 0 saturated heterocycles. The highest BCUT2D eigenvalue weighted by Crippen LogP contribution is 2.38.